The highest BCUT2D eigenvalue weighted by Crippen LogP contribution is 2.30. The minimum Gasteiger partial charge on any atom is -0.334 e. The van der Waals surface area contributed by atoms with Crippen LogP contribution in [0.15, 0.2) is 42.7 Å². The van der Waals surface area contributed by atoms with Crippen molar-refractivity contribution in [3.8, 4) is 0 Å². The van der Waals surface area contributed by atoms with E-state index in [2.05, 4.69) is 20.6 Å². The molecular weight excluding hydrogens is 330 g/mol. The van der Waals surface area contributed by atoms with E-state index in [9.17, 15) is 4.79 Å². The highest BCUT2D eigenvalue weighted by atomic mass is 16.2. The molecule has 0 atom stereocenters. The third kappa shape index (κ3) is 3.96. The van der Waals surface area contributed by atoms with Crippen molar-refractivity contribution in [2.45, 2.75) is 32.5 Å². The van der Waals surface area contributed by atoms with Gasteiger partial charge in [-0.3, -0.25) is 9.48 Å². The third-order valence-corrected chi connectivity index (χ3v) is 4.42. The number of nitrogens with zero attached hydrogens (tertiary/aromatic N) is 7. The molecule has 0 unspecified atom stereocenters. The monoisotopic (exact) mass is 351 g/mol. The van der Waals surface area contributed by atoms with Crippen molar-refractivity contribution in [2.24, 2.45) is 5.92 Å². The summed E-state index contributed by atoms with van der Waals surface area (Å²) >= 11 is 0. The average Bonchev–Trinajstić information content (AvgIpc) is 3.15. The molecule has 134 valence electrons. The summed E-state index contributed by atoms with van der Waals surface area (Å²) in [5, 5.41) is 16.3. The molecule has 1 saturated carbocycles. The van der Waals surface area contributed by atoms with Crippen LogP contribution in [0, 0.1) is 5.92 Å². The predicted molar refractivity (Wildman–Crippen MR) is 94.1 cm³/mol. The van der Waals surface area contributed by atoms with Crippen LogP contribution >= 0.6 is 0 Å². The van der Waals surface area contributed by atoms with Crippen LogP contribution in [0.25, 0.3) is 0 Å². The first-order valence-corrected chi connectivity index (χ1v) is 8.76. The lowest BCUT2D eigenvalue weighted by molar-refractivity contribution is 0.0777. The molecule has 0 N–H and O–H groups in total. The van der Waals surface area contributed by atoms with Crippen molar-refractivity contribution in [3.05, 3.63) is 59.7 Å². The van der Waals surface area contributed by atoms with Gasteiger partial charge in [0.05, 0.1) is 25.5 Å². The summed E-state index contributed by atoms with van der Waals surface area (Å²) in [6.45, 7) is 1.88. The highest BCUT2D eigenvalue weighted by Gasteiger charge is 2.23. The lowest BCUT2D eigenvalue weighted by atomic mass is 10.2. The Kier molecular flexibility index (Phi) is 4.47. The number of carbonyl (C=O) groups is 1. The fourth-order valence-electron chi connectivity index (χ4n) is 2.82. The van der Waals surface area contributed by atoms with Crippen LogP contribution in [-0.2, 0) is 19.6 Å². The predicted octanol–water partition coefficient (Wildman–Crippen LogP) is 1.60. The largest absolute Gasteiger partial charge is 0.334 e. The standard InChI is InChI=1S/C18H21N7O/c1-23(18(26)17-13-25(22-20-17)10-15-7-8-15)11-16-12-24(21-19-16)9-14-5-3-2-4-6-14/h2-6,12-13,15H,7-11H2,1H3. The van der Waals surface area contributed by atoms with Gasteiger partial charge in [-0.15, -0.1) is 10.2 Å². The Bertz CT molecular complexity index is 882. The lowest BCUT2D eigenvalue weighted by Crippen LogP contribution is -2.26. The van der Waals surface area contributed by atoms with Gasteiger partial charge >= 0.3 is 0 Å². The summed E-state index contributed by atoms with van der Waals surface area (Å²) in [7, 11) is 1.73. The van der Waals surface area contributed by atoms with Crippen LogP contribution < -0.4 is 0 Å². The molecule has 8 heteroatoms. The van der Waals surface area contributed by atoms with Gasteiger partial charge in [0, 0.05) is 13.6 Å². The number of carbonyl (C=O) groups excluding carboxylic acids is 1. The van der Waals surface area contributed by atoms with Crippen LogP contribution in [0.4, 0.5) is 0 Å². The van der Waals surface area contributed by atoms with Crippen LogP contribution in [-0.4, -0.2) is 47.8 Å². The number of hydrogen-bond donors (Lipinski definition) is 0. The highest BCUT2D eigenvalue weighted by molar-refractivity contribution is 5.91. The summed E-state index contributed by atoms with van der Waals surface area (Å²) in [6.07, 6.45) is 6.06. The van der Waals surface area contributed by atoms with Crippen molar-refractivity contribution in [2.75, 3.05) is 7.05 Å². The molecule has 2 aromatic heterocycles. The molecular formula is C18H21N7O. The molecule has 26 heavy (non-hydrogen) atoms. The molecule has 1 aliphatic carbocycles. The Labute approximate surface area is 151 Å². The fourth-order valence-corrected chi connectivity index (χ4v) is 2.82. The molecule has 0 saturated heterocycles. The van der Waals surface area contributed by atoms with E-state index in [1.165, 1.54) is 12.8 Å². The van der Waals surface area contributed by atoms with Crippen molar-refractivity contribution in [1.29, 1.82) is 0 Å². The molecule has 1 fully saturated rings. The zero-order chi connectivity index (χ0) is 17.9. The Hall–Kier alpha value is -3.03. The summed E-state index contributed by atoms with van der Waals surface area (Å²) in [4.78, 5) is 14.1. The van der Waals surface area contributed by atoms with Gasteiger partial charge in [-0.05, 0) is 24.3 Å². The van der Waals surface area contributed by atoms with Gasteiger partial charge in [-0.25, -0.2) is 4.68 Å². The molecule has 8 nitrogen and oxygen atoms in total. The second-order valence-corrected chi connectivity index (χ2v) is 6.82. The van der Waals surface area contributed by atoms with E-state index in [0.717, 1.165) is 17.8 Å². The van der Waals surface area contributed by atoms with Gasteiger partial charge in [-0.1, -0.05) is 40.8 Å². The molecule has 0 aliphatic heterocycles. The van der Waals surface area contributed by atoms with E-state index in [1.807, 2.05) is 36.5 Å². The average molecular weight is 351 g/mol. The maximum absolute atomic E-state index is 12.5. The van der Waals surface area contributed by atoms with Crippen molar-refractivity contribution >= 4 is 5.91 Å². The van der Waals surface area contributed by atoms with E-state index in [4.69, 9.17) is 0 Å². The van der Waals surface area contributed by atoms with Crippen LogP contribution in [0.1, 0.15) is 34.6 Å². The SMILES string of the molecule is CN(Cc1cn(Cc2ccccc2)nn1)C(=O)c1cn(CC2CC2)nn1. The number of amides is 1. The molecule has 0 radical (unpaired) electrons. The van der Waals surface area contributed by atoms with E-state index in [0.29, 0.717) is 24.7 Å². The first-order valence-electron chi connectivity index (χ1n) is 8.76. The Morgan fingerprint density at radius 2 is 1.88 bits per heavy atom. The smallest absolute Gasteiger partial charge is 0.276 e. The fraction of sp³-hybridized carbons (Fsp3) is 0.389. The van der Waals surface area contributed by atoms with Crippen molar-refractivity contribution in [3.63, 3.8) is 0 Å². The molecule has 1 aliphatic rings. The van der Waals surface area contributed by atoms with Gasteiger partial charge in [-0.2, -0.15) is 0 Å². The minimum atomic E-state index is -0.162. The van der Waals surface area contributed by atoms with Crippen LogP contribution in [0.3, 0.4) is 0 Å². The maximum Gasteiger partial charge on any atom is 0.276 e. The summed E-state index contributed by atoms with van der Waals surface area (Å²) in [5.74, 6) is 0.529. The molecule has 1 amide bonds. The van der Waals surface area contributed by atoms with E-state index >= 15 is 0 Å². The molecule has 3 aromatic rings. The molecule has 0 bridgehead atoms. The Morgan fingerprint density at radius 3 is 2.65 bits per heavy atom. The van der Waals surface area contributed by atoms with Gasteiger partial charge in [0.1, 0.15) is 5.69 Å². The maximum atomic E-state index is 12.5. The first-order chi connectivity index (χ1) is 12.7. The molecule has 4 rings (SSSR count). The summed E-state index contributed by atoms with van der Waals surface area (Å²) in [6, 6.07) is 10.1. The normalized spacial score (nSPS) is 13.7. The van der Waals surface area contributed by atoms with E-state index < -0.39 is 0 Å². The zero-order valence-electron chi connectivity index (χ0n) is 14.7. The van der Waals surface area contributed by atoms with Gasteiger partial charge in [0.2, 0.25) is 0 Å². The Morgan fingerprint density at radius 1 is 1.12 bits per heavy atom. The number of aromatic nitrogens is 6. The number of rotatable bonds is 7. The summed E-state index contributed by atoms with van der Waals surface area (Å²) in [5.41, 5.74) is 2.26. The second kappa shape index (κ2) is 7.07. The van der Waals surface area contributed by atoms with Crippen molar-refractivity contribution < 1.29 is 4.79 Å². The van der Waals surface area contributed by atoms with Crippen molar-refractivity contribution in [1.82, 2.24) is 34.9 Å². The molecule has 2 heterocycles. The third-order valence-electron chi connectivity index (χ3n) is 4.42. The molecule has 0 spiro atoms. The number of hydrogen-bond acceptors (Lipinski definition) is 5. The minimum absolute atomic E-state index is 0.162. The van der Waals surface area contributed by atoms with Gasteiger partial charge in [0.25, 0.3) is 5.91 Å². The zero-order valence-corrected chi connectivity index (χ0v) is 14.7. The lowest BCUT2D eigenvalue weighted by Gasteiger charge is -2.13. The van der Waals surface area contributed by atoms with Gasteiger partial charge < -0.3 is 4.90 Å². The second-order valence-electron chi connectivity index (χ2n) is 6.82. The van der Waals surface area contributed by atoms with E-state index in [-0.39, 0.29) is 5.91 Å². The summed E-state index contributed by atoms with van der Waals surface area (Å²) < 4.78 is 3.53. The molecule has 1 aromatic carbocycles. The quantitative estimate of drug-likeness (QED) is 0.646. The topological polar surface area (TPSA) is 81.7 Å². The van der Waals surface area contributed by atoms with Gasteiger partial charge in [0.15, 0.2) is 5.69 Å². The van der Waals surface area contributed by atoms with Crippen LogP contribution in [0.5, 0.6) is 0 Å². The first kappa shape index (κ1) is 16.4. The Balaban J connectivity index is 1.35. The number of benzene rings is 1. The van der Waals surface area contributed by atoms with E-state index in [1.54, 1.807) is 27.5 Å². The van der Waals surface area contributed by atoms with Crippen LogP contribution in [0.2, 0.25) is 0 Å².